The van der Waals surface area contributed by atoms with Gasteiger partial charge in [0.25, 0.3) is 0 Å². The molecule has 29 heavy (non-hydrogen) atoms. The Labute approximate surface area is 181 Å². The lowest BCUT2D eigenvalue weighted by Crippen LogP contribution is -2.36. The molecule has 0 amide bonds. The Hall–Kier alpha value is -0.830. The molecule has 1 saturated heterocycles. The van der Waals surface area contributed by atoms with Gasteiger partial charge in [-0.25, -0.2) is 0 Å². The van der Waals surface area contributed by atoms with Crippen LogP contribution in [0.5, 0.6) is 0 Å². The topological polar surface area (TPSA) is 29.5 Å². The summed E-state index contributed by atoms with van der Waals surface area (Å²) >= 11 is 0. The molecule has 0 bridgehead atoms. The average Bonchev–Trinajstić information content (AvgIpc) is 3.26. The van der Waals surface area contributed by atoms with Gasteiger partial charge in [0.2, 0.25) is 0 Å². The molecule has 1 atom stereocenters. The van der Waals surface area contributed by atoms with Gasteiger partial charge < -0.3 is 4.74 Å². The molecule has 0 aliphatic carbocycles. The first kappa shape index (κ1) is 26.2. The van der Waals surface area contributed by atoms with Crippen molar-refractivity contribution in [2.75, 3.05) is 19.7 Å². The van der Waals surface area contributed by atoms with Crippen molar-refractivity contribution in [3.05, 3.63) is 19.1 Å². The number of carbonyl (C=O) groups excluding carboxylic acids is 1. The maximum absolute atomic E-state index is 11.9. The van der Waals surface area contributed by atoms with Crippen molar-refractivity contribution in [3.8, 4) is 0 Å². The van der Waals surface area contributed by atoms with E-state index < -0.39 is 0 Å². The summed E-state index contributed by atoms with van der Waals surface area (Å²) in [6.45, 7) is 9.07. The summed E-state index contributed by atoms with van der Waals surface area (Å²) in [6.07, 6.45) is 25.3. The second-order valence-electron chi connectivity index (χ2n) is 8.70. The Kier molecular flexibility index (Phi) is 17.3. The number of hydrogen-bond donors (Lipinski definition) is 0. The summed E-state index contributed by atoms with van der Waals surface area (Å²) in [5.74, 6) is -0.0275. The third kappa shape index (κ3) is 14.7. The smallest absolute Gasteiger partial charge is 0.305 e. The summed E-state index contributed by atoms with van der Waals surface area (Å²) in [6, 6.07) is 0.315. The minimum Gasteiger partial charge on any atom is -0.464 e. The SMILES string of the molecule is [CH2]CC(COC(=O)CCCCCCC/C=C\CCCCCCCC)N1CCCC1. The fraction of sp³-hybridized carbons (Fsp3) is 0.846. The first-order valence-electron chi connectivity index (χ1n) is 12.6. The molecule has 3 heteroatoms. The molecule has 0 N–H and O–H groups in total. The number of carbonyl (C=O) groups is 1. The second-order valence-corrected chi connectivity index (χ2v) is 8.70. The molecule has 0 aromatic carbocycles. The Balaban J connectivity index is 1.85. The van der Waals surface area contributed by atoms with Crippen LogP contribution in [0.15, 0.2) is 12.2 Å². The number of allylic oxidation sites excluding steroid dienone is 2. The molecule has 0 aromatic rings. The van der Waals surface area contributed by atoms with Crippen molar-refractivity contribution in [3.63, 3.8) is 0 Å². The summed E-state index contributed by atoms with van der Waals surface area (Å²) in [4.78, 5) is 14.4. The van der Waals surface area contributed by atoms with Crippen molar-refractivity contribution < 1.29 is 9.53 Å². The molecule has 0 saturated carbocycles. The van der Waals surface area contributed by atoms with Crippen molar-refractivity contribution in [1.29, 1.82) is 0 Å². The first-order chi connectivity index (χ1) is 14.3. The number of esters is 1. The largest absolute Gasteiger partial charge is 0.464 e. The molecule has 1 heterocycles. The number of unbranched alkanes of at least 4 members (excludes halogenated alkanes) is 11. The highest BCUT2D eigenvalue weighted by Gasteiger charge is 2.21. The van der Waals surface area contributed by atoms with E-state index in [4.69, 9.17) is 4.74 Å². The number of hydrogen-bond acceptors (Lipinski definition) is 3. The van der Waals surface area contributed by atoms with E-state index in [9.17, 15) is 4.79 Å². The van der Waals surface area contributed by atoms with Gasteiger partial charge in [0.05, 0.1) is 0 Å². The minimum atomic E-state index is -0.0275. The monoisotopic (exact) mass is 406 g/mol. The number of likely N-dealkylation sites (tertiary alicyclic amines) is 1. The minimum absolute atomic E-state index is 0.0275. The molecule has 1 fully saturated rings. The zero-order valence-electron chi connectivity index (χ0n) is 19.3. The Morgan fingerprint density at radius 2 is 1.45 bits per heavy atom. The standard InChI is InChI=1S/C26H48NO2/c1-3-5-6-7-8-9-10-11-12-13-14-15-16-17-18-21-26(28)29-24-25(4-2)27-22-19-20-23-27/h11-12,25H,2-10,13-24H2,1H3/b12-11-. The van der Waals surface area contributed by atoms with Crippen LogP contribution in [0.4, 0.5) is 0 Å². The fourth-order valence-electron chi connectivity index (χ4n) is 4.08. The van der Waals surface area contributed by atoms with Crippen LogP contribution in [0.3, 0.4) is 0 Å². The van der Waals surface area contributed by atoms with Crippen LogP contribution in [0.1, 0.15) is 116 Å². The van der Waals surface area contributed by atoms with E-state index in [1.807, 2.05) is 0 Å². The zero-order valence-corrected chi connectivity index (χ0v) is 19.3. The molecule has 1 radical (unpaired) electrons. The van der Waals surface area contributed by atoms with E-state index >= 15 is 0 Å². The molecule has 0 spiro atoms. The van der Waals surface area contributed by atoms with Gasteiger partial charge in [0, 0.05) is 12.5 Å². The van der Waals surface area contributed by atoms with Crippen LogP contribution in [-0.2, 0) is 9.53 Å². The lowest BCUT2D eigenvalue weighted by atomic mass is 10.1. The van der Waals surface area contributed by atoms with Crippen LogP contribution in [0.2, 0.25) is 0 Å². The normalized spacial score (nSPS) is 15.9. The molecular formula is C26H48NO2. The first-order valence-corrected chi connectivity index (χ1v) is 12.6. The van der Waals surface area contributed by atoms with Gasteiger partial charge in [-0.3, -0.25) is 9.69 Å². The Bertz CT molecular complexity index is 402. The van der Waals surface area contributed by atoms with Gasteiger partial charge in [0.15, 0.2) is 0 Å². The van der Waals surface area contributed by atoms with E-state index in [0.717, 1.165) is 32.4 Å². The second kappa shape index (κ2) is 19.2. The third-order valence-electron chi connectivity index (χ3n) is 6.07. The van der Waals surface area contributed by atoms with Crippen LogP contribution in [0, 0.1) is 6.92 Å². The number of rotatable bonds is 19. The maximum Gasteiger partial charge on any atom is 0.305 e. The lowest BCUT2D eigenvalue weighted by Gasteiger charge is -2.25. The molecule has 1 rings (SSSR count). The van der Waals surface area contributed by atoms with Crippen molar-refractivity contribution in [2.45, 2.75) is 122 Å². The van der Waals surface area contributed by atoms with Crippen LogP contribution in [-0.4, -0.2) is 36.6 Å². The van der Waals surface area contributed by atoms with Gasteiger partial charge in [-0.15, -0.1) is 0 Å². The summed E-state index contributed by atoms with van der Waals surface area (Å²) in [5, 5.41) is 0. The lowest BCUT2D eigenvalue weighted by molar-refractivity contribution is -0.145. The summed E-state index contributed by atoms with van der Waals surface area (Å²) < 4.78 is 5.50. The summed E-state index contributed by atoms with van der Waals surface area (Å²) in [7, 11) is 0. The molecule has 1 aliphatic heterocycles. The maximum atomic E-state index is 11.9. The predicted octanol–water partition coefficient (Wildman–Crippen LogP) is 7.26. The van der Waals surface area contributed by atoms with Crippen LogP contribution >= 0.6 is 0 Å². The van der Waals surface area contributed by atoms with E-state index in [0.29, 0.717) is 19.1 Å². The third-order valence-corrected chi connectivity index (χ3v) is 6.07. The molecule has 3 nitrogen and oxygen atoms in total. The fourth-order valence-corrected chi connectivity index (χ4v) is 4.08. The van der Waals surface area contributed by atoms with Gasteiger partial charge >= 0.3 is 5.97 Å². The van der Waals surface area contributed by atoms with Gasteiger partial charge in [0.1, 0.15) is 6.61 Å². The molecule has 1 unspecified atom stereocenters. The van der Waals surface area contributed by atoms with Gasteiger partial charge in [-0.1, -0.05) is 77.4 Å². The van der Waals surface area contributed by atoms with Crippen molar-refractivity contribution in [1.82, 2.24) is 4.90 Å². The zero-order chi connectivity index (χ0) is 21.0. The number of nitrogens with zero attached hydrogens (tertiary/aromatic N) is 1. The number of ether oxygens (including phenoxy) is 1. The molecular weight excluding hydrogens is 358 g/mol. The van der Waals surface area contributed by atoms with Crippen LogP contribution < -0.4 is 0 Å². The van der Waals surface area contributed by atoms with Crippen molar-refractivity contribution in [2.24, 2.45) is 0 Å². The highest BCUT2D eigenvalue weighted by molar-refractivity contribution is 5.69. The molecule has 0 aromatic heterocycles. The van der Waals surface area contributed by atoms with Gasteiger partial charge in [-0.2, -0.15) is 0 Å². The molecule has 169 valence electrons. The Morgan fingerprint density at radius 3 is 2.03 bits per heavy atom. The van der Waals surface area contributed by atoms with Crippen molar-refractivity contribution >= 4 is 5.97 Å². The van der Waals surface area contributed by atoms with E-state index in [2.05, 4.69) is 30.9 Å². The molecule has 1 aliphatic rings. The Morgan fingerprint density at radius 1 is 0.897 bits per heavy atom. The quantitative estimate of drug-likeness (QED) is 0.128. The van der Waals surface area contributed by atoms with E-state index in [1.165, 1.54) is 83.5 Å². The summed E-state index contributed by atoms with van der Waals surface area (Å²) in [5.41, 5.74) is 0. The van der Waals surface area contributed by atoms with E-state index in [-0.39, 0.29) is 5.97 Å². The van der Waals surface area contributed by atoms with E-state index in [1.54, 1.807) is 0 Å². The average molecular weight is 407 g/mol. The van der Waals surface area contributed by atoms with Gasteiger partial charge in [-0.05, 0) is 64.5 Å². The predicted molar refractivity (Wildman–Crippen MR) is 125 cm³/mol. The highest BCUT2D eigenvalue weighted by atomic mass is 16.5. The highest BCUT2D eigenvalue weighted by Crippen LogP contribution is 2.15. The van der Waals surface area contributed by atoms with Crippen LogP contribution in [0.25, 0.3) is 0 Å².